The maximum absolute atomic E-state index is 8.63. The summed E-state index contributed by atoms with van der Waals surface area (Å²) in [6, 6.07) is 25.9. The largest absolute Gasteiger partial charge is 0.508 e. The predicted octanol–water partition coefficient (Wildman–Crippen LogP) is 4.88. The van der Waals surface area contributed by atoms with Crippen LogP contribution in [0.4, 0.5) is 0 Å². The molecule has 3 heteroatoms. The van der Waals surface area contributed by atoms with Crippen LogP contribution in [0.1, 0.15) is 0 Å². The minimum Gasteiger partial charge on any atom is -0.508 e. The molecule has 112 valence electrons. The number of ether oxygens (including phenoxy) is 2. The van der Waals surface area contributed by atoms with Crippen LogP contribution in [0.25, 0.3) is 0 Å². The molecule has 0 aliphatic heterocycles. The van der Waals surface area contributed by atoms with Crippen molar-refractivity contribution >= 4 is 0 Å². The van der Waals surface area contributed by atoms with E-state index in [4.69, 9.17) is 14.6 Å². The van der Waals surface area contributed by atoms with Gasteiger partial charge in [-0.15, -0.1) is 0 Å². The molecule has 0 spiro atoms. The van der Waals surface area contributed by atoms with E-state index in [-0.39, 0.29) is 0 Å². The van der Waals surface area contributed by atoms with Gasteiger partial charge in [0.15, 0.2) is 11.5 Å². The van der Waals surface area contributed by atoms with Crippen molar-refractivity contribution in [2.45, 2.75) is 0 Å². The summed E-state index contributed by atoms with van der Waals surface area (Å²) in [6.45, 7) is 0. The minimum absolute atomic E-state index is 0.322. The lowest BCUT2D eigenvalue weighted by molar-refractivity contribution is 0.379. The lowest BCUT2D eigenvalue weighted by atomic mass is 10.3. The summed E-state index contributed by atoms with van der Waals surface area (Å²) in [4.78, 5) is 0. The van der Waals surface area contributed by atoms with E-state index in [9.17, 15) is 0 Å². The van der Waals surface area contributed by atoms with E-state index < -0.39 is 0 Å². The molecule has 22 heavy (non-hydrogen) atoms. The van der Waals surface area contributed by atoms with Crippen molar-refractivity contribution in [3.63, 3.8) is 0 Å². The lowest BCUT2D eigenvalue weighted by Gasteiger charge is -2.09. The molecular weight excluding hydrogens is 276 g/mol. The number of benzene rings is 3. The van der Waals surface area contributed by atoms with Crippen LogP contribution >= 0.6 is 0 Å². The molecule has 0 aliphatic carbocycles. The van der Waals surface area contributed by atoms with Crippen LogP contribution in [-0.4, -0.2) is 12.2 Å². The Kier molecular flexibility index (Phi) is 5.88. The second-order valence-electron chi connectivity index (χ2n) is 4.40. The Balaban J connectivity index is 0.000000211. The average molecular weight is 294 g/mol. The molecule has 3 nitrogen and oxygen atoms in total. The van der Waals surface area contributed by atoms with Gasteiger partial charge in [-0.2, -0.15) is 0 Å². The van der Waals surface area contributed by atoms with Gasteiger partial charge in [0.05, 0.1) is 7.11 Å². The molecule has 0 saturated carbocycles. The summed E-state index contributed by atoms with van der Waals surface area (Å²) in [5.74, 6) is 2.59. The molecule has 0 unspecified atom stereocenters. The van der Waals surface area contributed by atoms with Crippen molar-refractivity contribution in [2.24, 2.45) is 0 Å². The van der Waals surface area contributed by atoms with Gasteiger partial charge in [-0.3, -0.25) is 0 Å². The SMILES string of the molecule is COc1ccccc1Oc1ccccc1.Oc1ccccc1. The molecule has 0 amide bonds. The molecular formula is C19H18O3. The third kappa shape index (κ3) is 4.87. The maximum atomic E-state index is 8.63. The number of para-hydroxylation sites is 4. The highest BCUT2D eigenvalue weighted by molar-refractivity contribution is 5.42. The molecule has 3 rings (SSSR count). The second-order valence-corrected chi connectivity index (χ2v) is 4.40. The van der Waals surface area contributed by atoms with Crippen LogP contribution in [0.3, 0.4) is 0 Å². The van der Waals surface area contributed by atoms with Gasteiger partial charge in [-0.1, -0.05) is 48.5 Å². The fourth-order valence-corrected chi connectivity index (χ4v) is 1.75. The Hall–Kier alpha value is -2.94. The van der Waals surface area contributed by atoms with Gasteiger partial charge in [0.25, 0.3) is 0 Å². The van der Waals surface area contributed by atoms with E-state index in [1.165, 1.54) is 0 Å². The number of phenolic OH excluding ortho intramolecular Hbond substituents is 1. The van der Waals surface area contributed by atoms with Crippen LogP contribution in [0, 0.1) is 0 Å². The van der Waals surface area contributed by atoms with E-state index in [0.717, 1.165) is 17.2 Å². The lowest BCUT2D eigenvalue weighted by Crippen LogP contribution is -1.89. The normalized spacial score (nSPS) is 9.32. The summed E-state index contributed by atoms with van der Waals surface area (Å²) >= 11 is 0. The first-order valence-corrected chi connectivity index (χ1v) is 6.89. The summed E-state index contributed by atoms with van der Waals surface area (Å²) in [7, 11) is 1.63. The van der Waals surface area contributed by atoms with Crippen molar-refractivity contribution < 1.29 is 14.6 Å². The van der Waals surface area contributed by atoms with E-state index >= 15 is 0 Å². The Morgan fingerprint density at radius 3 is 1.64 bits per heavy atom. The van der Waals surface area contributed by atoms with Crippen molar-refractivity contribution in [1.82, 2.24) is 0 Å². The molecule has 0 radical (unpaired) electrons. The van der Waals surface area contributed by atoms with Gasteiger partial charge < -0.3 is 14.6 Å². The Morgan fingerprint density at radius 2 is 1.14 bits per heavy atom. The topological polar surface area (TPSA) is 38.7 Å². The minimum atomic E-state index is 0.322. The Bertz CT molecular complexity index is 667. The molecule has 3 aromatic carbocycles. The predicted molar refractivity (Wildman–Crippen MR) is 87.6 cm³/mol. The van der Waals surface area contributed by atoms with Gasteiger partial charge in [-0.05, 0) is 36.4 Å². The van der Waals surface area contributed by atoms with Crippen LogP contribution in [0.2, 0.25) is 0 Å². The molecule has 3 aromatic rings. The average Bonchev–Trinajstić information content (AvgIpc) is 2.58. The molecule has 0 aromatic heterocycles. The fourth-order valence-electron chi connectivity index (χ4n) is 1.75. The van der Waals surface area contributed by atoms with Crippen molar-refractivity contribution in [3.8, 4) is 23.0 Å². The first-order valence-electron chi connectivity index (χ1n) is 6.89. The molecule has 0 fully saturated rings. The number of hydrogen-bond acceptors (Lipinski definition) is 3. The Morgan fingerprint density at radius 1 is 0.636 bits per heavy atom. The van der Waals surface area contributed by atoms with E-state index in [1.807, 2.05) is 60.7 Å². The smallest absolute Gasteiger partial charge is 0.169 e. The zero-order valence-electron chi connectivity index (χ0n) is 12.3. The van der Waals surface area contributed by atoms with Crippen LogP contribution in [-0.2, 0) is 0 Å². The van der Waals surface area contributed by atoms with Gasteiger partial charge in [-0.25, -0.2) is 0 Å². The van der Waals surface area contributed by atoms with Gasteiger partial charge in [0.2, 0.25) is 0 Å². The first kappa shape index (κ1) is 15.4. The number of methoxy groups -OCH3 is 1. The summed E-state index contributed by atoms with van der Waals surface area (Å²) in [5, 5.41) is 8.63. The zero-order valence-corrected chi connectivity index (χ0v) is 12.3. The summed E-state index contributed by atoms with van der Waals surface area (Å²) in [5.41, 5.74) is 0. The second kappa shape index (κ2) is 8.37. The van der Waals surface area contributed by atoms with Crippen LogP contribution in [0.15, 0.2) is 84.9 Å². The van der Waals surface area contributed by atoms with Gasteiger partial charge >= 0.3 is 0 Å². The zero-order chi connectivity index (χ0) is 15.6. The van der Waals surface area contributed by atoms with Crippen LogP contribution in [0.5, 0.6) is 23.0 Å². The molecule has 1 N–H and O–H groups in total. The van der Waals surface area contributed by atoms with E-state index in [2.05, 4.69) is 0 Å². The van der Waals surface area contributed by atoms with E-state index in [1.54, 1.807) is 31.4 Å². The summed E-state index contributed by atoms with van der Waals surface area (Å²) < 4.78 is 10.9. The fraction of sp³-hybridized carbons (Fsp3) is 0.0526. The maximum Gasteiger partial charge on any atom is 0.169 e. The number of rotatable bonds is 3. The van der Waals surface area contributed by atoms with Crippen molar-refractivity contribution in [2.75, 3.05) is 7.11 Å². The molecule has 0 heterocycles. The number of phenols is 1. The van der Waals surface area contributed by atoms with Gasteiger partial charge in [0, 0.05) is 0 Å². The molecule has 0 atom stereocenters. The molecule has 0 saturated heterocycles. The highest BCUT2D eigenvalue weighted by Crippen LogP contribution is 2.30. The van der Waals surface area contributed by atoms with E-state index in [0.29, 0.717) is 5.75 Å². The molecule has 0 aliphatic rings. The summed E-state index contributed by atoms with van der Waals surface area (Å²) in [6.07, 6.45) is 0. The van der Waals surface area contributed by atoms with Crippen molar-refractivity contribution in [3.05, 3.63) is 84.9 Å². The third-order valence-electron chi connectivity index (χ3n) is 2.80. The molecule has 0 bridgehead atoms. The number of aromatic hydroxyl groups is 1. The highest BCUT2D eigenvalue weighted by Gasteiger charge is 2.02. The van der Waals surface area contributed by atoms with Crippen molar-refractivity contribution in [1.29, 1.82) is 0 Å². The first-order chi connectivity index (χ1) is 10.8. The standard InChI is InChI=1S/C13H12O2.C6H6O/c1-14-12-9-5-6-10-13(12)15-11-7-3-2-4-8-11;7-6-4-2-1-3-5-6/h2-10H,1H3;1-5,7H. The monoisotopic (exact) mass is 294 g/mol. The number of hydrogen-bond donors (Lipinski definition) is 1. The highest BCUT2D eigenvalue weighted by atomic mass is 16.5. The van der Waals surface area contributed by atoms with Gasteiger partial charge in [0.1, 0.15) is 11.5 Å². The van der Waals surface area contributed by atoms with Crippen LogP contribution < -0.4 is 9.47 Å². The Labute approximate surface area is 130 Å². The third-order valence-corrected chi connectivity index (χ3v) is 2.80. The quantitative estimate of drug-likeness (QED) is 0.748.